The van der Waals surface area contributed by atoms with Gasteiger partial charge < -0.3 is 15.0 Å². The van der Waals surface area contributed by atoms with Crippen LogP contribution in [-0.4, -0.2) is 47.2 Å². The Morgan fingerprint density at radius 1 is 1.09 bits per heavy atom. The van der Waals surface area contributed by atoms with Crippen LogP contribution in [0.2, 0.25) is 0 Å². The second-order valence-electron chi connectivity index (χ2n) is 7.63. The summed E-state index contributed by atoms with van der Waals surface area (Å²) in [6.07, 6.45) is -0.383. The SMILES string of the molecule is O=C(Nc1ccnc(N2CCC2)c1)N1CCOc2cnc(-c3cccc(C(F)(F)F)c3)nc21. The number of halogens is 3. The number of carbonyl (C=O) groups is 1. The molecule has 5 rings (SSSR count). The number of pyridine rings is 1. The number of alkyl halides is 3. The molecule has 0 bridgehead atoms. The second-order valence-corrected chi connectivity index (χ2v) is 7.63. The number of ether oxygens (including phenoxy) is 1. The van der Waals surface area contributed by atoms with Gasteiger partial charge in [0.25, 0.3) is 0 Å². The maximum atomic E-state index is 13.1. The predicted octanol–water partition coefficient (Wildman–Crippen LogP) is 4.20. The van der Waals surface area contributed by atoms with Crippen molar-refractivity contribution < 1.29 is 22.7 Å². The van der Waals surface area contributed by atoms with E-state index in [0.717, 1.165) is 37.5 Å². The molecule has 0 aliphatic carbocycles. The summed E-state index contributed by atoms with van der Waals surface area (Å²) in [6.45, 7) is 2.32. The molecular weight excluding hydrogens is 437 g/mol. The van der Waals surface area contributed by atoms with E-state index < -0.39 is 17.8 Å². The van der Waals surface area contributed by atoms with Crippen LogP contribution >= 0.6 is 0 Å². The molecule has 3 aromatic rings. The molecule has 33 heavy (non-hydrogen) atoms. The minimum Gasteiger partial charge on any atom is -0.486 e. The summed E-state index contributed by atoms with van der Waals surface area (Å²) < 4.78 is 44.9. The largest absolute Gasteiger partial charge is 0.486 e. The summed E-state index contributed by atoms with van der Waals surface area (Å²) in [5.74, 6) is 1.32. The highest BCUT2D eigenvalue weighted by atomic mass is 19.4. The number of carbonyl (C=O) groups excluding carboxylic acids is 1. The fourth-order valence-corrected chi connectivity index (χ4v) is 3.59. The molecule has 4 heterocycles. The third-order valence-corrected chi connectivity index (χ3v) is 5.43. The number of nitrogens with zero attached hydrogens (tertiary/aromatic N) is 5. The van der Waals surface area contributed by atoms with Gasteiger partial charge in [0.1, 0.15) is 12.4 Å². The summed E-state index contributed by atoms with van der Waals surface area (Å²) >= 11 is 0. The van der Waals surface area contributed by atoms with E-state index in [1.807, 2.05) is 0 Å². The lowest BCUT2D eigenvalue weighted by Crippen LogP contribution is -2.41. The van der Waals surface area contributed by atoms with Gasteiger partial charge in [-0.1, -0.05) is 12.1 Å². The Kier molecular flexibility index (Phi) is 5.23. The first-order valence-electron chi connectivity index (χ1n) is 10.4. The molecule has 170 valence electrons. The van der Waals surface area contributed by atoms with Crippen LogP contribution in [0.4, 0.5) is 35.3 Å². The fraction of sp³-hybridized carbons (Fsp3) is 0.273. The maximum Gasteiger partial charge on any atom is 0.416 e. The van der Waals surface area contributed by atoms with Crippen molar-refractivity contribution in [3.8, 4) is 17.1 Å². The lowest BCUT2D eigenvalue weighted by molar-refractivity contribution is -0.137. The normalized spacial score (nSPS) is 15.4. The van der Waals surface area contributed by atoms with Gasteiger partial charge in [-0.2, -0.15) is 13.2 Å². The number of hydrogen-bond donors (Lipinski definition) is 1. The van der Waals surface area contributed by atoms with Crippen LogP contribution < -0.4 is 19.9 Å². The third-order valence-electron chi connectivity index (χ3n) is 5.43. The number of aromatic nitrogens is 3. The molecule has 2 amide bonds. The summed E-state index contributed by atoms with van der Waals surface area (Å²) in [7, 11) is 0. The summed E-state index contributed by atoms with van der Waals surface area (Å²) in [5, 5.41) is 2.84. The topological polar surface area (TPSA) is 83.5 Å². The van der Waals surface area contributed by atoms with Gasteiger partial charge in [0.2, 0.25) is 0 Å². The lowest BCUT2D eigenvalue weighted by atomic mass is 10.1. The maximum absolute atomic E-state index is 13.1. The molecular formula is C22H19F3N6O2. The Hall–Kier alpha value is -3.89. The number of anilines is 3. The van der Waals surface area contributed by atoms with Gasteiger partial charge in [-0.3, -0.25) is 4.90 Å². The molecule has 2 aliphatic rings. The third kappa shape index (κ3) is 4.26. The standard InChI is InChI=1S/C22H19F3N6O2/c23-22(24,25)15-4-1-3-14(11-15)19-27-13-17-20(29-19)31(9-10-33-17)21(32)28-16-5-6-26-18(12-16)30-7-2-8-30/h1,3-6,11-13H,2,7-10H2,(H,26,28,32). The van der Waals surface area contributed by atoms with Crippen molar-refractivity contribution in [2.75, 3.05) is 41.4 Å². The van der Waals surface area contributed by atoms with Crippen LogP contribution in [0.15, 0.2) is 48.8 Å². The number of nitrogens with one attached hydrogen (secondary N) is 1. The van der Waals surface area contributed by atoms with Crippen LogP contribution in [-0.2, 0) is 6.18 Å². The average molecular weight is 456 g/mol. The molecule has 2 aliphatic heterocycles. The molecule has 1 fully saturated rings. The van der Waals surface area contributed by atoms with Crippen LogP contribution in [0.3, 0.4) is 0 Å². The molecule has 1 saturated heterocycles. The minimum absolute atomic E-state index is 0.0622. The van der Waals surface area contributed by atoms with Gasteiger partial charge in [0.15, 0.2) is 17.4 Å². The average Bonchev–Trinajstić information content (AvgIpc) is 2.77. The van der Waals surface area contributed by atoms with Crippen LogP contribution in [0.25, 0.3) is 11.4 Å². The molecule has 0 saturated carbocycles. The Labute approximate surface area is 187 Å². The van der Waals surface area contributed by atoms with E-state index in [9.17, 15) is 18.0 Å². The first kappa shape index (κ1) is 21.0. The summed E-state index contributed by atoms with van der Waals surface area (Å²) in [4.78, 5) is 29.4. The first-order chi connectivity index (χ1) is 15.9. The van der Waals surface area contributed by atoms with Crippen LogP contribution in [0.1, 0.15) is 12.0 Å². The monoisotopic (exact) mass is 456 g/mol. The van der Waals surface area contributed by atoms with E-state index >= 15 is 0 Å². The fourth-order valence-electron chi connectivity index (χ4n) is 3.59. The highest BCUT2D eigenvalue weighted by Gasteiger charge is 2.31. The number of benzene rings is 1. The number of rotatable bonds is 3. The Balaban J connectivity index is 1.41. The Bertz CT molecular complexity index is 1200. The summed E-state index contributed by atoms with van der Waals surface area (Å²) in [6, 6.07) is 7.79. The minimum atomic E-state index is -4.49. The van der Waals surface area contributed by atoms with E-state index in [-0.39, 0.29) is 36.1 Å². The van der Waals surface area contributed by atoms with E-state index in [1.165, 1.54) is 23.2 Å². The molecule has 11 heteroatoms. The van der Waals surface area contributed by atoms with Crippen molar-refractivity contribution >= 4 is 23.4 Å². The van der Waals surface area contributed by atoms with Crippen molar-refractivity contribution in [1.29, 1.82) is 0 Å². The predicted molar refractivity (Wildman–Crippen MR) is 115 cm³/mol. The molecule has 8 nitrogen and oxygen atoms in total. The van der Waals surface area contributed by atoms with Gasteiger partial charge in [0, 0.05) is 36.6 Å². The number of amides is 2. The number of hydrogen-bond acceptors (Lipinski definition) is 6. The first-order valence-corrected chi connectivity index (χ1v) is 10.4. The molecule has 2 aromatic heterocycles. The molecule has 0 atom stereocenters. The smallest absolute Gasteiger partial charge is 0.416 e. The van der Waals surface area contributed by atoms with Gasteiger partial charge in [-0.15, -0.1) is 0 Å². The van der Waals surface area contributed by atoms with E-state index in [1.54, 1.807) is 18.3 Å². The zero-order valence-corrected chi connectivity index (χ0v) is 17.3. The molecule has 0 spiro atoms. The lowest BCUT2D eigenvalue weighted by Gasteiger charge is -2.32. The Morgan fingerprint density at radius 3 is 2.70 bits per heavy atom. The van der Waals surface area contributed by atoms with Crippen LogP contribution in [0, 0.1) is 0 Å². The van der Waals surface area contributed by atoms with Gasteiger partial charge >= 0.3 is 12.2 Å². The van der Waals surface area contributed by atoms with Crippen molar-refractivity contribution in [1.82, 2.24) is 15.0 Å². The highest BCUT2D eigenvalue weighted by Crippen LogP contribution is 2.34. The van der Waals surface area contributed by atoms with E-state index in [2.05, 4.69) is 25.2 Å². The van der Waals surface area contributed by atoms with Crippen molar-refractivity contribution in [2.24, 2.45) is 0 Å². The van der Waals surface area contributed by atoms with Gasteiger partial charge in [-0.25, -0.2) is 19.7 Å². The van der Waals surface area contributed by atoms with Crippen LogP contribution in [0.5, 0.6) is 5.75 Å². The molecule has 1 N–H and O–H groups in total. The van der Waals surface area contributed by atoms with E-state index in [4.69, 9.17) is 4.74 Å². The van der Waals surface area contributed by atoms with Crippen molar-refractivity contribution in [2.45, 2.75) is 12.6 Å². The molecule has 0 unspecified atom stereocenters. The zero-order chi connectivity index (χ0) is 23.0. The number of urea groups is 1. The quantitative estimate of drug-likeness (QED) is 0.636. The number of fused-ring (bicyclic) bond motifs is 1. The second kappa shape index (κ2) is 8.23. The summed E-state index contributed by atoms with van der Waals surface area (Å²) in [5.41, 5.74) is -0.0353. The van der Waals surface area contributed by atoms with E-state index in [0.29, 0.717) is 5.69 Å². The van der Waals surface area contributed by atoms with Gasteiger partial charge in [-0.05, 0) is 24.6 Å². The van der Waals surface area contributed by atoms with Crippen molar-refractivity contribution in [3.05, 3.63) is 54.4 Å². The zero-order valence-electron chi connectivity index (χ0n) is 17.3. The Morgan fingerprint density at radius 2 is 1.94 bits per heavy atom. The molecule has 0 radical (unpaired) electrons. The highest BCUT2D eigenvalue weighted by molar-refractivity contribution is 6.02. The van der Waals surface area contributed by atoms with Crippen molar-refractivity contribution in [3.63, 3.8) is 0 Å². The van der Waals surface area contributed by atoms with Gasteiger partial charge in [0.05, 0.1) is 18.3 Å². The molecule has 1 aromatic carbocycles.